The Morgan fingerprint density at radius 3 is 2.57 bits per heavy atom. The lowest BCUT2D eigenvalue weighted by Crippen LogP contribution is -2.52. The summed E-state index contributed by atoms with van der Waals surface area (Å²) in [5.74, 6) is 0.185. The highest BCUT2D eigenvalue weighted by molar-refractivity contribution is 5.81. The van der Waals surface area contributed by atoms with Gasteiger partial charge in [0.25, 0.3) is 0 Å². The van der Waals surface area contributed by atoms with Crippen molar-refractivity contribution < 1.29 is 4.79 Å². The predicted octanol–water partition coefficient (Wildman–Crippen LogP) is 2.57. The maximum absolute atomic E-state index is 12.8. The number of carbonyl (C=O) groups is 1. The molecule has 0 spiro atoms. The van der Waals surface area contributed by atoms with Gasteiger partial charge in [0.15, 0.2) is 0 Å². The molecule has 0 aliphatic carbocycles. The number of likely N-dealkylation sites (N-methyl/N-ethyl adjacent to an activating group) is 2. The third kappa shape index (κ3) is 5.79. The Kier molecular flexibility index (Phi) is 7.89. The number of hydrogen-bond acceptors (Lipinski definition) is 4. The quantitative estimate of drug-likeness (QED) is 0.745. The fourth-order valence-corrected chi connectivity index (χ4v) is 4.61. The van der Waals surface area contributed by atoms with Crippen LogP contribution < -0.4 is 5.32 Å². The van der Waals surface area contributed by atoms with Crippen LogP contribution >= 0.6 is 0 Å². The summed E-state index contributed by atoms with van der Waals surface area (Å²) < 4.78 is 0. The summed E-state index contributed by atoms with van der Waals surface area (Å²) in [7, 11) is 2.10. The summed E-state index contributed by atoms with van der Waals surface area (Å²) in [5.41, 5.74) is 1.37. The molecule has 0 unspecified atom stereocenters. The average Bonchev–Trinajstić information content (AvgIpc) is 3.16. The first-order valence-corrected chi connectivity index (χ1v) is 11.1. The second kappa shape index (κ2) is 10.4. The smallest absolute Gasteiger partial charge is 0.237 e. The van der Waals surface area contributed by atoms with Crippen molar-refractivity contribution in [2.45, 2.75) is 64.2 Å². The van der Waals surface area contributed by atoms with Gasteiger partial charge in [-0.15, -0.1) is 0 Å². The van der Waals surface area contributed by atoms with Crippen molar-refractivity contribution in [3.63, 3.8) is 0 Å². The monoisotopic (exact) mass is 386 g/mol. The number of benzene rings is 1. The lowest BCUT2D eigenvalue weighted by Gasteiger charge is -2.34. The van der Waals surface area contributed by atoms with Crippen LogP contribution in [0.2, 0.25) is 0 Å². The highest BCUT2D eigenvalue weighted by Gasteiger charge is 2.28. The van der Waals surface area contributed by atoms with E-state index in [0.717, 1.165) is 45.6 Å². The maximum Gasteiger partial charge on any atom is 0.237 e. The zero-order valence-electron chi connectivity index (χ0n) is 17.9. The number of likely N-dealkylation sites (tertiary alicyclic amines) is 2. The molecule has 2 aliphatic heterocycles. The minimum Gasteiger partial charge on any atom is -0.352 e. The van der Waals surface area contributed by atoms with Crippen molar-refractivity contribution >= 4 is 5.91 Å². The second-order valence-corrected chi connectivity index (χ2v) is 8.58. The van der Waals surface area contributed by atoms with Gasteiger partial charge in [0, 0.05) is 38.3 Å². The zero-order valence-corrected chi connectivity index (χ0v) is 17.9. The van der Waals surface area contributed by atoms with E-state index in [1.54, 1.807) is 0 Å². The van der Waals surface area contributed by atoms with E-state index in [1.165, 1.54) is 24.9 Å². The molecule has 2 fully saturated rings. The number of amides is 1. The first-order chi connectivity index (χ1) is 13.6. The van der Waals surface area contributed by atoms with Crippen LogP contribution in [0.1, 0.15) is 45.1 Å². The van der Waals surface area contributed by atoms with Crippen LogP contribution in [0.4, 0.5) is 0 Å². The van der Waals surface area contributed by atoms with Gasteiger partial charge < -0.3 is 5.32 Å². The maximum atomic E-state index is 12.8. The lowest BCUT2D eigenvalue weighted by atomic mass is 10.0. The van der Waals surface area contributed by atoms with Gasteiger partial charge in [-0.25, -0.2) is 0 Å². The highest BCUT2D eigenvalue weighted by atomic mass is 16.2. The molecule has 1 aromatic rings. The number of nitrogens with zero attached hydrogens (tertiary/aromatic N) is 3. The summed E-state index contributed by atoms with van der Waals surface area (Å²) >= 11 is 0. The Bertz CT molecular complexity index is 600. The lowest BCUT2D eigenvalue weighted by molar-refractivity contribution is -0.126. The molecule has 1 aromatic carbocycles. The average molecular weight is 387 g/mol. The molecule has 0 saturated carbocycles. The van der Waals surface area contributed by atoms with Crippen LogP contribution in [0.3, 0.4) is 0 Å². The Hall–Kier alpha value is -1.43. The molecule has 156 valence electrons. The van der Waals surface area contributed by atoms with Gasteiger partial charge in [-0.05, 0) is 58.3 Å². The van der Waals surface area contributed by atoms with Crippen LogP contribution in [0.25, 0.3) is 0 Å². The van der Waals surface area contributed by atoms with Crippen molar-refractivity contribution in [1.82, 2.24) is 20.0 Å². The van der Waals surface area contributed by atoms with Crippen LogP contribution in [-0.2, 0) is 11.3 Å². The Balaban J connectivity index is 1.39. The molecule has 0 bridgehead atoms. The number of nitrogens with one attached hydrogen (secondary N) is 1. The molecule has 2 aliphatic rings. The molecular weight excluding hydrogens is 348 g/mol. The molecule has 2 heterocycles. The van der Waals surface area contributed by atoms with Gasteiger partial charge in [-0.2, -0.15) is 0 Å². The fourth-order valence-electron chi connectivity index (χ4n) is 4.61. The number of carbonyl (C=O) groups excluding carboxylic acids is 1. The second-order valence-electron chi connectivity index (χ2n) is 8.58. The Morgan fingerprint density at radius 1 is 1.18 bits per heavy atom. The van der Waals surface area contributed by atoms with Gasteiger partial charge in [0.05, 0.1) is 6.04 Å². The van der Waals surface area contributed by atoms with Gasteiger partial charge in [-0.3, -0.25) is 19.5 Å². The van der Waals surface area contributed by atoms with E-state index in [1.807, 2.05) is 6.92 Å². The van der Waals surface area contributed by atoms with E-state index in [2.05, 4.69) is 64.3 Å². The number of hydrogen-bond donors (Lipinski definition) is 1. The van der Waals surface area contributed by atoms with Crippen LogP contribution in [-0.4, -0.2) is 78.5 Å². The molecule has 3 rings (SSSR count). The van der Waals surface area contributed by atoms with E-state index in [0.29, 0.717) is 12.1 Å². The summed E-state index contributed by atoms with van der Waals surface area (Å²) in [6, 6.07) is 11.5. The first-order valence-electron chi connectivity index (χ1n) is 11.1. The van der Waals surface area contributed by atoms with Gasteiger partial charge in [0.2, 0.25) is 5.91 Å². The molecule has 28 heavy (non-hydrogen) atoms. The molecule has 0 radical (unpaired) electrons. The van der Waals surface area contributed by atoms with Gasteiger partial charge >= 0.3 is 0 Å². The molecular formula is C23H38N4O. The summed E-state index contributed by atoms with van der Waals surface area (Å²) in [4.78, 5) is 20.0. The van der Waals surface area contributed by atoms with Crippen LogP contribution in [0.15, 0.2) is 30.3 Å². The van der Waals surface area contributed by atoms with E-state index < -0.39 is 0 Å². The highest BCUT2D eigenvalue weighted by Crippen LogP contribution is 2.18. The van der Waals surface area contributed by atoms with E-state index in [9.17, 15) is 4.79 Å². The van der Waals surface area contributed by atoms with E-state index >= 15 is 0 Å². The summed E-state index contributed by atoms with van der Waals surface area (Å²) in [6.45, 7) is 10.7. The van der Waals surface area contributed by atoms with Crippen LogP contribution in [0, 0.1) is 0 Å². The Labute approximate surface area is 171 Å². The minimum absolute atomic E-state index is 0.0679. The van der Waals surface area contributed by atoms with Crippen molar-refractivity contribution in [3.05, 3.63) is 35.9 Å². The van der Waals surface area contributed by atoms with Gasteiger partial charge in [0.1, 0.15) is 0 Å². The topological polar surface area (TPSA) is 38.8 Å². The summed E-state index contributed by atoms with van der Waals surface area (Å²) in [5, 5.41) is 3.31. The van der Waals surface area contributed by atoms with E-state index in [4.69, 9.17) is 0 Å². The molecule has 2 atom stereocenters. The molecule has 1 amide bonds. The van der Waals surface area contributed by atoms with Crippen molar-refractivity contribution in [3.8, 4) is 0 Å². The largest absolute Gasteiger partial charge is 0.352 e. The molecule has 5 nitrogen and oxygen atoms in total. The third-order valence-corrected chi connectivity index (χ3v) is 6.63. The molecule has 5 heteroatoms. The molecule has 1 N–H and O–H groups in total. The zero-order chi connectivity index (χ0) is 19.9. The van der Waals surface area contributed by atoms with Gasteiger partial charge in [-0.1, -0.05) is 37.3 Å². The SMILES string of the molecule is CCN1CCC[C@H]1CN(C)[C@@H](C)C(=O)NC1CCN(Cc2ccccc2)CC1. The first kappa shape index (κ1) is 21.3. The van der Waals surface area contributed by atoms with Crippen molar-refractivity contribution in [1.29, 1.82) is 0 Å². The van der Waals surface area contributed by atoms with Crippen molar-refractivity contribution in [2.75, 3.05) is 39.8 Å². The normalized spacial score (nSPS) is 23.2. The molecule has 0 aromatic heterocycles. The van der Waals surface area contributed by atoms with Crippen molar-refractivity contribution in [2.24, 2.45) is 0 Å². The minimum atomic E-state index is -0.0679. The summed E-state index contributed by atoms with van der Waals surface area (Å²) in [6.07, 6.45) is 4.63. The third-order valence-electron chi connectivity index (χ3n) is 6.63. The number of piperidine rings is 1. The molecule has 2 saturated heterocycles. The predicted molar refractivity (Wildman–Crippen MR) is 115 cm³/mol. The fraction of sp³-hybridized carbons (Fsp3) is 0.696. The number of rotatable bonds is 8. The standard InChI is InChI=1S/C23H38N4O/c1-4-27-14-8-11-22(27)18-25(3)19(2)23(28)24-21-12-15-26(16-13-21)17-20-9-6-5-7-10-20/h5-7,9-10,19,21-22H,4,8,11-18H2,1-3H3,(H,24,28)/t19-,22-/m0/s1. The Morgan fingerprint density at radius 2 is 1.89 bits per heavy atom. The van der Waals surface area contributed by atoms with E-state index in [-0.39, 0.29) is 11.9 Å². The van der Waals surface area contributed by atoms with Crippen LogP contribution in [0.5, 0.6) is 0 Å².